The Kier molecular flexibility index (Phi) is 7.90. The summed E-state index contributed by atoms with van der Waals surface area (Å²) in [5.41, 5.74) is 1.67. The van der Waals surface area contributed by atoms with Crippen molar-refractivity contribution in [2.24, 2.45) is 0 Å². The Morgan fingerprint density at radius 2 is 2.03 bits per heavy atom. The molecule has 8 heteroatoms. The van der Waals surface area contributed by atoms with Crippen LogP contribution in [0.15, 0.2) is 42.6 Å². The van der Waals surface area contributed by atoms with Crippen molar-refractivity contribution in [2.45, 2.75) is 18.4 Å². The summed E-state index contributed by atoms with van der Waals surface area (Å²) in [6, 6.07) is 10.8. The topological polar surface area (TPSA) is 69.7 Å². The first-order valence-electron chi connectivity index (χ1n) is 10.1. The molecule has 0 spiro atoms. The quantitative estimate of drug-likeness (QED) is 0.704. The van der Waals surface area contributed by atoms with Gasteiger partial charge in [-0.15, -0.1) is 0 Å². The van der Waals surface area contributed by atoms with Crippen molar-refractivity contribution in [3.8, 4) is 5.75 Å². The molecule has 2 N–H and O–H groups in total. The Morgan fingerprint density at radius 3 is 2.67 bits per heavy atom. The highest BCUT2D eigenvalue weighted by molar-refractivity contribution is 6.30. The number of aromatic nitrogens is 1. The van der Waals surface area contributed by atoms with Crippen molar-refractivity contribution < 1.29 is 9.53 Å². The lowest BCUT2D eigenvalue weighted by Gasteiger charge is -2.39. The van der Waals surface area contributed by atoms with E-state index in [4.69, 9.17) is 16.3 Å². The van der Waals surface area contributed by atoms with Gasteiger partial charge in [0.25, 0.3) is 0 Å². The van der Waals surface area contributed by atoms with Crippen LogP contribution < -0.4 is 15.4 Å². The van der Waals surface area contributed by atoms with Gasteiger partial charge in [0.1, 0.15) is 5.75 Å². The third-order valence-electron chi connectivity index (χ3n) is 5.35. The predicted octanol–water partition coefficient (Wildman–Crippen LogP) is 3.28. The van der Waals surface area contributed by atoms with E-state index >= 15 is 0 Å². The van der Waals surface area contributed by atoms with Crippen molar-refractivity contribution in [1.29, 1.82) is 0 Å². The molecule has 0 radical (unpaired) electrons. The molecule has 162 valence electrons. The molecular weight excluding hydrogens is 402 g/mol. The summed E-state index contributed by atoms with van der Waals surface area (Å²) in [5, 5.41) is 6.68. The molecule has 0 aliphatic carbocycles. The lowest BCUT2D eigenvalue weighted by molar-refractivity contribution is 0.162. The number of nitrogens with zero attached hydrogens (tertiary/aromatic N) is 3. The summed E-state index contributed by atoms with van der Waals surface area (Å²) in [7, 11) is 5.79. The van der Waals surface area contributed by atoms with E-state index in [9.17, 15) is 4.79 Å². The number of hydrogen-bond donors (Lipinski definition) is 2. The number of hydrogen-bond acceptors (Lipinski definition) is 5. The smallest absolute Gasteiger partial charge is 0.319 e. The van der Waals surface area contributed by atoms with Gasteiger partial charge < -0.3 is 25.2 Å². The van der Waals surface area contributed by atoms with Gasteiger partial charge in [-0.1, -0.05) is 11.6 Å². The third kappa shape index (κ3) is 6.32. The zero-order chi connectivity index (χ0) is 21.5. The van der Waals surface area contributed by atoms with Crippen molar-refractivity contribution in [2.75, 3.05) is 52.7 Å². The maximum atomic E-state index is 12.6. The number of anilines is 1. The number of nitrogens with one attached hydrogen (secondary N) is 2. The number of piperidine rings is 1. The fourth-order valence-electron chi connectivity index (χ4n) is 3.64. The van der Waals surface area contributed by atoms with Gasteiger partial charge in [0.15, 0.2) is 0 Å². The van der Waals surface area contributed by atoms with Crippen molar-refractivity contribution >= 4 is 23.3 Å². The standard InChI is InChI=1S/C22H30ClN5O2/c1-27(2)12-13-28-11-10-21(19(15-28)20-9-8-18(30-3)14-24-20)26-22(29)25-17-6-4-16(23)5-7-17/h4-9,14,19,21H,10-13,15H2,1-3H3,(H2,25,26,29)/t19-,21+/m0/s1. The van der Waals surface area contributed by atoms with Crippen LogP contribution in [0.4, 0.5) is 10.5 Å². The molecule has 7 nitrogen and oxygen atoms in total. The Labute approximate surface area is 183 Å². The van der Waals surface area contributed by atoms with Crippen molar-refractivity contribution in [3.05, 3.63) is 53.3 Å². The largest absolute Gasteiger partial charge is 0.495 e. The summed E-state index contributed by atoms with van der Waals surface area (Å²) >= 11 is 5.92. The van der Waals surface area contributed by atoms with E-state index in [0.29, 0.717) is 10.7 Å². The fraction of sp³-hybridized carbons (Fsp3) is 0.455. The number of ether oxygens (including phenoxy) is 1. The average molecular weight is 432 g/mol. The lowest BCUT2D eigenvalue weighted by Crippen LogP contribution is -2.51. The number of benzene rings is 1. The van der Waals surface area contributed by atoms with Gasteiger partial charge >= 0.3 is 6.03 Å². The maximum Gasteiger partial charge on any atom is 0.319 e. The van der Waals surface area contributed by atoms with Crippen LogP contribution in [-0.2, 0) is 0 Å². The maximum absolute atomic E-state index is 12.6. The van der Waals surface area contributed by atoms with E-state index in [2.05, 4.69) is 39.5 Å². The van der Waals surface area contributed by atoms with Crippen LogP contribution in [0.25, 0.3) is 0 Å². The second-order valence-electron chi connectivity index (χ2n) is 7.83. The number of rotatable bonds is 7. The van der Waals surface area contributed by atoms with Gasteiger partial charge in [-0.2, -0.15) is 0 Å². The van der Waals surface area contributed by atoms with Crippen LogP contribution in [0.2, 0.25) is 5.02 Å². The molecule has 1 saturated heterocycles. The van der Waals surface area contributed by atoms with Crippen LogP contribution >= 0.6 is 11.6 Å². The van der Waals surface area contributed by atoms with E-state index in [1.54, 1.807) is 37.6 Å². The molecule has 30 heavy (non-hydrogen) atoms. The number of urea groups is 1. The Hall–Kier alpha value is -2.35. The number of methoxy groups -OCH3 is 1. The van der Waals surface area contributed by atoms with Crippen molar-refractivity contribution in [1.82, 2.24) is 20.1 Å². The number of carbonyl (C=O) groups is 1. The number of likely N-dealkylation sites (N-methyl/N-ethyl adjacent to an activating group) is 1. The summed E-state index contributed by atoms with van der Waals surface area (Å²) in [5.74, 6) is 0.826. The molecule has 1 aromatic carbocycles. The monoisotopic (exact) mass is 431 g/mol. The minimum absolute atomic E-state index is 0.00574. The first-order chi connectivity index (χ1) is 14.4. The number of likely N-dealkylation sites (tertiary alicyclic amines) is 1. The normalized spacial score (nSPS) is 19.5. The summed E-state index contributed by atoms with van der Waals surface area (Å²) < 4.78 is 5.24. The first kappa shape index (κ1) is 22.3. The molecule has 1 aromatic heterocycles. The van der Waals surface area contributed by atoms with Gasteiger partial charge in [0.05, 0.1) is 13.3 Å². The van der Waals surface area contributed by atoms with Crippen LogP contribution in [0.1, 0.15) is 18.0 Å². The number of amides is 2. The predicted molar refractivity (Wildman–Crippen MR) is 121 cm³/mol. The Balaban J connectivity index is 1.69. The molecular formula is C22H30ClN5O2. The molecule has 1 aliphatic heterocycles. The molecule has 2 heterocycles. The van der Waals surface area contributed by atoms with Gasteiger partial charge in [0, 0.05) is 54.5 Å². The molecule has 3 rings (SSSR count). The van der Waals surface area contributed by atoms with Crippen LogP contribution in [0.3, 0.4) is 0 Å². The second-order valence-corrected chi connectivity index (χ2v) is 8.27. The molecule has 0 saturated carbocycles. The average Bonchev–Trinajstić information content (AvgIpc) is 2.74. The van der Waals surface area contributed by atoms with Crippen molar-refractivity contribution in [3.63, 3.8) is 0 Å². The zero-order valence-electron chi connectivity index (χ0n) is 17.8. The third-order valence-corrected chi connectivity index (χ3v) is 5.61. The summed E-state index contributed by atoms with van der Waals surface area (Å²) in [4.78, 5) is 21.9. The van der Waals surface area contributed by atoms with Crippen LogP contribution in [0.5, 0.6) is 5.75 Å². The fourth-order valence-corrected chi connectivity index (χ4v) is 3.76. The minimum Gasteiger partial charge on any atom is -0.495 e. The van der Waals surface area contributed by atoms with E-state index in [1.807, 2.05) is 12.1 Å². The summed E-state index contributed by atoms with van der Waals surface area (Å²) in [6.07, 6.45) is 2.60. The Morgan fingerprint density at radius 1 is 1.27 bits per heavy atom. The highest BCUT2D eigenvalue weighted by Gasteiger charge is 2.32. The highest BCUT2D eigenvalue weighted by Crippen LogP contribution is 2.27. The number of halogens is 1. The van der Waals surface area contributed by atoms with E-state index in [0.717, 1.165) is 44.0 Å². The summed E-state index contributed by atoms with van der Waals surface area (Å²) in [6.45, 7) is 3.77. The molecule has 2 amide bonds. The molecule has 1 fully saturated rings. The molecule has 2 atom stereocenters. The van der Waals surface area contributed by atoms with E-state index < -0.39 is 0 Å². The van der Waals surface area contributed by atoms with Crippen LogP contribution in [-0.4, -0.2) is 74.2 Å². The minimum atomic E-state index is -0.220. The van der Waals surface area contributed by atoms with E-state index in [1.165, 1.54) is 0 Å². The molecule has 0 bridgehead atoms. The Bertz CT molecular complexity index is 813. The van der Waals surface area contributed by atoms with Crippen LogP contribution in [0, 0.1) is 0 Å². The molecule has 2 aromatic rings. The second kappa shape index (κ2) is 10.6. The zero-order valence-corrected chi connectivity index (χ0v) is 18.5. The number of carbonyl (C=O) groups excluding carboxylic acids is 1. The van der Waals surface area contributed by atoms with Gasteiger partial charge in [-0.3, -0.25) is 4.98 Å². The SMILES string of the molecule is COc1ccc([C@@H]2CN(CCN(C)C)CC[C@H]2NC(=O)Nc2ccc(Cl)cc2)nc1. The number of pyridine rings is 1. The van der Waals surface area contributed by atoms with Gasteiger partial charge in [-0.25, -0.2) is 4.79 Å². The first-order valence-corrected chi connectivity index (χ1v) is 10.5. The molecule has 0 unspecified atom stereocenters. The van der Waals surface area contributed by atoms with E-state index in [-0.39, 0.29) is 18.0 Å². The van der Waals surface area contributed by atoms with Gasteiger partial charge in [-0.05, 0) is 56.9 Å². The highest BCUT2D eigenvalue weighted by atomic mass is 35.5. The van der Waals surface area contributed by atoms with Gasteiger partial charge in [0.2, 0.25) is 0 Å². The lowest BCUT2D eigenvalue weighted by atomic mass is 9.88. The molecule has 1 aliphatic rings.